The molecular weight excluding hydrogens is 416 g/mol. The van der Waals surface area contributed by atoms with Crippen LogP contribution in [0.4, 0.5) is 0 Å². The molecule has 0 aliphatic carbocycles. The van der Waals surface area contributed by atoms with Crippen molar-refractivity contribution in [2.24, 2.45) is 0 Å². The minimum absolute atomic E-state index is 0.222. The Bertz CT molecular complexity index is 615. The van der Waals surface area contributed by atoms with E-state index >= 15 is 0 Å². The van der Waals surface area contributed by atoms with E-state index in [0.717, 1.165) is 0 Å². The number of aliphatic hydroxyl groups excluding tert-OH is 2. The van der Waals surface area contributed by atoms with Crippen molar-refractivity contribution in [3.8, 4) is 0 Å². The highest BCUT2D eigenvalue weighted by Crippen LogP contribution is 2.41. The molecule has 9 nitrogen and oxygen atoms in total. The molecule has 0 unspecified atom stereocenters. The Morgan fingerprint density at radius 3 is 2.23 bits per heavy atom. The zero-order valence-corrected chi connectivity index (χ0v) is 19.3. The van der Waals surface area contributed by atoms with Gasteiger partial charge in [-0.3, -0.25) is 4.79 Å². The monoisotopic (exact) mass is 450 g/mol. The third-order valence-electron chi connectivity index (χ3n) is 5.35. The molecule has 0 aromatic heterocycles. The molecule has 3 saturated heterocycles. The fourth-order valence-corrected chi connectivity index (χ4v) is 5.16. The average Bonchev–Trinajstić information content (AvgIpc) is 2.94. The Morgan fingerprint density at radius 2 is 1.63 bits per heavy atom. The Balaban J connectivity index is 1.80. The molecule has 10 atom stereocenters. The van der Waals surface area contributed by atoms with Crippen LogP contribution in [0.1, 0.15) is 48.5 Å². The van der Waals surface area contributed by atoms with Gasteiger partial charge in [0.2, 0.25) is 0 Å². The van der Waals surface area contributed by atoms with Crippen LogP contribution in [0, 0.1) is 0 Å². The Kier molecular flexibility index (Phi) is 7.41. The molecule has 0 bridgehead atoms. The molecule has 0 saturated carbocycles. The van der Waals surface area contributed by atoms with Gasteiger partial charge in [0.25, 0.3) is 0 Å². The van der Waals surface area contributed by atoms with Gasteiger partial charge in [-0.1, -0.05) is 13.8 Å². The summed E-state index contributed by atoms with van der Waals surface area (Å²) in [6.45, 7) is 12.3. The highest BCUT2D eigenvalue weighted by atomic mass is 32.2. The normalized spacial score (nSPS) is 45.9. The van der Waals surface area contributed by atoms with E-state index in [0.29, 0.717) is 0 Å². The molecule has 10 heteroatoms. The van der Waals surface area contributed by atoms with Gasteiger partial charge in [-0.2, -0.15) is 0 Å². The van der Waals surface area contributed by atoms with Gasteiger partial charge in [-0.25, -0.2) is 0 Å². The highest BCUT2D eigenvalue weighted by Gasteiger charge is 2.57. The van der Waals surface area contributed by atoms with Crippen LogP contribution in [-0.4, -0.2) is 87.8 Å². The zero-order valence-electron chi connectivity index (χ0n) is 18.5. The van der Waals surface area contributed by atoms with Crippen molar-refractivity contribution in [2.45, 2.75) is 120 Å². The fourth-order valence-electron chi connectivity index (χ4n) is 4.07. The van der Waals surface area contributed by atoms with E-state index in [4.69, 9.17) is 28.4 Å². The number of carbonyl (C=O) groups is 1. The number of aliphatic hydroxyl groups is 2. The van der Waals surface area contributed by atoms with Crippen molar-refractivity contribution in [1.29, 1.82) is 0 Å². The third-order valence-corrected chi connectivity index (χ3v) is 6.55. The molecule has 0 aromatic carbocycles. The van der Waals surface area contributed by atoms with Crippen LogP contribution in [0.2, 0.25) is 0 Å². The highest BCUT2D eigenvalue weighted by molar-refractivity contribution is 8.00. The summed E-state index contributed by atoms with van der Waals surface area (Å²) in [5.41, 5.74) is -0.545. The predicted molar refractivity (Wildman–Crippen MR) is 108 cm³/mol. The second-order valence-corrected chi connectivity index (χ2v) is 10.5. The molecule has 0 aromatic rings. The van der Waals surface area contributed by atoms with Crippen molar-refractivity contribution in [2.75, 3.05) is 0 Å². The fraction of sp³-hybridized carbons (Fsp3) is 0.950. The number of esters is 1. The number of rotatable bonds is 5. The van der Waals surface area contributed by atoms with Crippen molar-refractivity contribution < 1.29 is 43.4 Å². The SMILES string of the molecule is CC(=O)O[C@@H]1[C@H]2OC(C)(C)O[C@H]2[C@H](O[C@@H]2[C@@H](O)[C@H](C)O[C@@H](SC(C)C)[C@@H]2O)O[C@H]1C. The molecule has 174 valence electrons. The first-order chi connectivity index (χ1) is 13.9. The van der Waals surface area contributed by atoms with Crippen LogP contribution in [0.25, 0.3) is 0 Å². The molecule has 0 spiro atoms. The molecular formula is C20H34O9S. The molecule has 3 heterocycles. The first-order valence-corrected chi connectivity index (χ1v) is 11.3. The summed E-state index contributed by atoms with van der Waals surface area (Å²) >= 11 is 1.46. The zero-order chi connectivity index (χ0) is 22.4. The van der Waals surface area contributed by atoms with Crippen molar-refractivity contribution >= 4 is 17.7 Å². The van der Waals surface area contributed by atoms with Gasteiger partial charge in [0.1, 0.15) is 36.0 Å². The summed E-state index contributed by atoms with van der Waals surface area (Å²) < 4.78 is 35.3. The van der Waals surface area contributed by atoms with Crippen LogP contribution < -0.4 is 0 Å². The summed E-state index contributed by atoms with van der Waals surface area (Å²) in [6, 6.07) is 0. The number of carbonyl (C=O) groups excluding carboxylic acids is 1. The van der Waals surface area contributed by atoms with E-state index in [2.05, 4.69) is 0 Å². The predicted octanol–water partition coefficient (Wildman–Crippen LogP) is 1.18. The minimum atomic E-state index is -1.07. The summed E-state index contributed by atoms with van der Waals surface area (Å²) in [5.74, 6) is -1.38. The second kappa shape index (κ2) is 9.19. The van der Waals surface area contributed by atoms with Crippen LogP contribution in [-0.2, 0) is 33.2 Å². The van der Waals surface area contributed by atoms with Crippen molar-refractivity contribution in [3.63, 3.8) is 0 Å². The maximum Gasteiger partial charge on any atom is 0.303 e. The lowest BCUT2D eigenvalue weighted by atomic mass is 9.98. The first-order valence-electron chi connectivity index (χ1n) is 10.4. The average molecular weight is 451 g/mol. The summed E-state index contributed by atoms with van der Waals surface area (Å²) in [6.07, 6.45) is -7.03. The van der Waals surface area contributed by atoms with E-state index in [-0.39, 0.29) is 5.25 Å². The van der Waals surface area contributed by atoms with E-state index in [1.807, 2.05) is 13.8 Å². The Hall–Kier alpha value is -0.460. The Morgan fingerprint density at radius 1 is 1.00 bits per heavy atom. The van der Waals surface area contributed by atoms with Crippen LogP contribution >= 0.6 is 11.8 Å². The van der Waals surface area contributed by atoms with Gasteiger partial charge < -0.3 is 38.6 Å². The minimum Gasteiger partial charge on any atom is -0.457 e. The van der Waals surface area contributed by atoms with Crippen LogP contribution in [0.5, 0.6) is 0 Å². The quantitative estimate of drug-likeness (QED) is 0.592. The molecule has 3 aliphatic heterocycles. The topological polar surface area (TPSA) is 113 Å². The van der Waals surface area contributed by atoms with Crippen molar-refractivity contribution in [1.82, 2.24) is 0 Å². The first kappa shape index (κ1) is 24.2. The lowest BCUT2D eigenvalue weighted by molar-refractivity contribution is -0.319. The van der Waals surface area contributed by atoms with E-state index in [1.165, 1.54) is 18.7 Å². The van der Waals surface area contributed by atoms with Crippen molar-refractivity contribution in [3.05, 3.63) is 0 Å². The lowest BCUT2D eigenvalue weighted by Gasteiger charge is -2.46. The molecule has 3 rings (SSSR count). The molecule has 3 fully saturated rings. The van der Waals surface area contributed by atoms with Gasteiger partial charge in [0, 0.05) is 12.2 Å². The summed E-state index contributed by atoms with van der Waals surface area (Å²) in [7, 11) is 0. The van der Waals surface area contributed by atoms with E-state index in [9.17, 15) is 15.0 Å². The van der Waals surface area contributed by atoms with Gasteiger partial charge >= 0.3 is 5.97 Å². The molecule has 2 N–H and O–H groups in total. The number of fused-ring (bicyclic) bond motifs is 1. The molecule has 0 amide bonds. The summed E-state index contributed by atoms with van der Waals surface area (Å²) in [5, 5.41) is 21.7. The van der Waals surface area contributed by atoms with Gasteiger partial charge in [-0.15, -0.1) is 11.8 Å². The maximum absolute atomic E-state index is 11.6. The van der Waals surface area contributed by atoms with Gasteiger partial charge in [-0.05, 0) is 27.7 Å². The number of hydrogen-bond donors (Lipinski definition) is 2. The van der Waals surface area contributed by atoms with Gasteiger partial charge in [0.05, 0.1) is 12.2 Å². The number of thioether (sulfide) groups is 1. The van der Waals surface area contributed by atoms with E-state index < -0.39 is 72.3 Å². The molecule has 0 radical (unpaired) electrons. The number of hydrogen-bond acceptors (Lipinski definition) is 10. The molecule has 3 aliphatic rings. The summed E-state index contributed by atoms with van der Waals surface area (Å²) in [4.78, 5) is 11.6. The van der Waals surface area contributed by atoms with Crippen LogP contribution in [0.3, 0.4) is 0 Å². The van der Waals surface area contributed by atoms with Gasteiger partial charge in [0.15, 0.2) is 18.2 Å². The van der Waals surface area contributed by atoms with E-state index in [1.54, 1.807) is 27.7 Å². The third kappa shape index (κ3) is 5.12. The van der Waals surface area contributed by atoms with Crippen LogP contribution in [0.15, 0.2) is 0 Å². The largest absolute Gasteiger partial charge is 0.457 e. The smallest absolute Gasteiger partial charge is 0.303 e. The maximum atomic E-state index is 11.6. The Labute approximate surface area is 181 Å². The number of ether oxygens (including phenoxy) is 6. The lowest BCUT2D eigenvalue weighted by Crippen LogP contribution is -2.62. The second-order valence-electron chi connectivity index (χ2n) is 8.82. The molecule has 30 heavy (non-hydrogen) atoms. The standard InChI is InChI=1S/C20H34O9S/c1-8(2)30-19-13(23)15(12(22)9(3)25-19)27-18-17-16(28-20(6,7)29-17)14(10(4)24-18)26-11(5)21/h8-10,12-19,22-23H,1-7H3/t9-,10-,12-,13+,14-,15+,16+,17+,18-,19-/m0/s1.